The zero-order valence-corrected chi connectivity index (χ0v) is 13.2. The fraction of sp³-hybridized carbons (Fsp3) is 0.529. The summed E-state index contributed by atoms with van der Waals surface area (Å²) >= 11 is 0. The number of aryl methyl sites for hydroxylation is 1. The maximum Gasteiger partial charge on any atom is 0.150 e. The molecule has 112 valence electrons. The molecule has 1 aromatic heterocycles. The van der Waals surface area contributed by atoms with Crippen molar-refractivity contribution < 1.29 is 0 Å². The van der Waals surface area contributed by atoms with Gasteiger partial charge in [-0.2, -0.15) is 0 Å². The van der Waals surface area contributed by atoms with Gasteiger partial charge < -0.3 is 9.80 Å². The molecule has 2 heterocycles. The monoisotopic (exact) mass is 284 g/mol. The van der Waals surface area contributed by atoms with E-state index in [9.17, 15) is 0 Å². The van der Waals surface area contributed by atoms with E-state index in [1.165, 1.54) is 25.9 Å². The predicted octanol–water partition coefficient (Wildman–Crippen LogP) is 2.72. The van der Waals surface area contributed by atoms with E-state index >= 15 is 0 Å². The van der Waals surface area contributed by atoms with Crippen LogP contribution < -0.4 is 4.90 Å². The summed E-state index contributed by atoms with van der Waals surface area (Å²) in [6, 6.07) is 8.09. The minimum absolute atomic E-state index is 0.763. The van der Waals surface area contributed by atoms with Gasteiger partial charge >= 0.3 is 0 Å². The van der Waals surface area contributed by atoms with E-state index in [-0.39, 0.29) is 0 Å². The maximum absolute atomic E-state index is 4.81. The average molecular weight is 284 g/mol. The first-order valence-electron chi connectivity index (χ1n) is 7.76. The molecule has 0 aliphatic carbocycles. The summed E-state index contributed by atoms with van der Waals surface area (Å²) in [5.74, 6) is 1.78. The van der Waals surface area contributed by atoms with Crippen molar-refractivity contribution >= 4 is 16.9 Å². The van der Waals surface area contributed by atoms with Crippen molar-refractivity contribution in [1.29, 1.82) is 0 Å². The second-order valence-corrected chi connectivity index (χ2v) is 6.25. The lowest BCUT2D eigenvalue weighted by Crippen LogP contribution is -2.36. The highest BCUT2D eigenvalue weighted by Gasteiger charge is 2.19. The Morgan fingerprint density at radius 3 is 2.43 bits per heavy atom. The van der Waals surface area contributed by atoms with Gasteiger partial charge in [0.05, 0.1) is 16.7 Å². The topological polar surface area (TPSA) is 32.3 Å². The molecule has 4 nitrogen and oxygen atoms in total. The lowest BCUT2D eigenvalue weighted by atomic mass is 9.96. The third kappa shape index (κ3) is 3.16. The van der Waals surface area contributed by atoms with E-state index in [2.05, 4.69) is 35.8 Å². The minimum Gasteiger partial charge on any atom is -0.358 e. The minimum atomic E-state index is 0.763. The summed E-state index contributed by atoms with van der Waals surface area (Å²) in [6.45, 7) is 5.55. The van der Waals surface area contributed by atoms with Crippen LogP contribution in [0.2, 0.25) is 0 Å². The van der Waals surface area contributed by atoms with E-state index in [0.29, 0.717) is 0 Å². The van der Waals surface area contributed by atoms with E-state index in [1.54, 1.807) is 0 Å². The SMILES string of the molecule is Cc1nc2ccccc2nc1N(C)CC1CCN(C)CC1. The zero-order chi connectivity index (χ0) is 14.8. The van der Waals surface area contributed by atoms with Gasteiger partial charge in [0.2, 0.25) is 0 Å². The third-order valence-electron chi connectivity index (χ3n) is 4.45. The van der Waals surface area contributed by atoms with Crippen molar-refractivity contribution in [3.63, 3.8) is 0 Å². The summed E-state index contributed by atoms with van der Waals surface area (Å²) in [5.41, 5.74) is 2.98. The molecule has 0 atom stereocenters. The zero-order valence-electron chi connectivity index (χ0n) is 13.2. The Balaban J connectivity index is 1.77. The van der Waals surface area contributed by atoms with Crippen LogP contribution in [0.4, 0.5) is 5.82 Å². The van der Waals surface area contributed by atoms with Crippen molar-refractivity contribution in [2.75, 3.05) is 38.6 Å². The second kappa shape index (κ2) is 5.98. The summed E-state index contributed by atoms with van der Waals surface area (Å²) in [7, 11) is 4.35. The first-order valence-corrected chi connectivity index (χ1v) is 7.76. The van der Waals surface area contributed by atoms with Crippen LogP contribution in [0.3, 0.4) is 0 Å². The van der Waals surface area contributed by atoms with Crippen molar-refractivity contribution in [3.05, 3.63) is 30.0 Å². The van der Waals surface area contributed by atoms with E-state index in [0.717, 1.165) is 35.0 Å². The van der Waals surface area contributed by atoms with Gasteiger partial charge in [-0.25, -0.2) is 9.97 Å². The van der Waals surface area contributed by atoms with Crippen LogP contribution in [0.25, 0.3) is 11.0 Å². The molecule has 1 aliphatic rings. The smallest absolute Gasteiger partial charge is 0.150 e. The van der Waals surface area contributed by atoms with Crippen LogP contribution in [0.1, 0.15) is 18.5 Å². The number of para-hydroxylation sites is 2. The number of hydrogen-bond donors (Lipinski definition) is 0. The lowest BCUT2D eigenvalue weighted by Gasteiger charge is -2.32. The number of nitrogens with zero attached hydrogens (tertiary/aromatic N) is 4. The van der Waals surface area contributed by atoms with Gasteiger partial charge in [-0.05, 0) is 58.0 Å². The van der Waals surface area contributed by atoms with E-state index in [1.807, 2.05) is 24.3 Å². The predicted molar refractivity (Wildman–Crippen MR) is 87.8 cm³/mol. The fourth-order valence-electron chi connectivity index (χ4n) is 3.16. The molecular weight excluding hydrogens is 260 g/mol. The Kier molecular flexibility index (Phi) is 4.06. The lowest BCUT2D eigenvalue weighted by molar-refractivity contribution is 0.222. The molecule has 0 unspecified atom stereocenters. The molecule has 3 rings (SSSR count). The quantitative estimate of drug-likeness (QED) is 0.867. The molecule has 21 heavy (non-hydrogen) atoms. The summed E-state index contributed by atoms with van der Waals surface area (Å²) in [6.07, 6.45) is 2.56. The standard InChI is InChI=1S/C17H24N4/c1-13-17(19-16-7-5-4-6-15(16)18-13)21(3)12-14-8-10-20(2)11-9-14/h4-7,14H,8-12H2,1-3H3. The van der Waals surface area contributed by atoms with Gasteiger partial charge in [0.25, 0.3) is 0 Å². The number of aromatic nitrogens is 2. The van der Waals surface area contributed by atoms with Crippen molar-refractivity contribution in [2.45, 2.75) is 19.8 Å². The number of likely N-dealkylation sites (tertiary alicyclic amines) is 1. The van der Waals surface area contributed by atoms with Crippen molar-refractivity contribution in [3.8, 4) is 0 Å². The van der Waals surface area contributed by atoms with Crippen LogP contribution in [-0.4, -0.2) is 48.6 Å². The largest absolute Gasteiger partial charge is 0.358 e. The van der Waals surface area contributed by atoms with Gasteiger partial charge in [0.1, 0.15) is 0 Å². The molecule has 1 saturated heterocycles. The Morgan fingerprint density at radius 1 is 1.14 bits per heavy atom. The van der Waals surface area contributed by atoms with E-state index in [4.69, 9.17) is 4.98 Å². The summed E-state index contributed by atoms with van der Waals surface area (Å²) in [4.78, 5) is 14.2. The molecule has 0 amide bonds. The van der Waals surface area contributed by atoms with Crippen LogP contribution >= 0.6 is 0 Å². The Bertz CT molecular complexity index is 617. The number of piperidine rings is 1. The molecule has 1 fully saturated rings. The van der Waals surface area contributed by atoms with Crippen LogP contribution in [0.15, 0.2) is 24.3 Å². The molecule has 0 N–H and O–H groups in total. The molecule has 0 saturated carbocycles. The van der Waals surface area contributed by atoms with Gasteiger partial charge in [-0.1, -0.05) is 12.1 Å². The highest BCUT2D eigenvalue weighted by Crippen LogP contribution is 2.22. The molecule has 0 spiro atoms. The van der Waals surface area contributed by atoms with Crippen LogP contribution in [0, 0.1) is 12.8 Å². The fourth-order valence-corrected chi connectivity index (χ4v) is 3.16. The summed E-state index contributed by atoms with van der Waals surface area (Å²) < 4.78 is 0. The number of rotatable bonds is 3. The summed E-state index contributed by atoms with van der Waals surface area (Å²) in [5, 5.41) is 0. The molecule has 2 aromatic rings. The molecular formula is C17H24N4. The highest BCUT2D eigenvalue weighted by atomic mass is 15.2. The average Bonchev–Trinajstić information content (AvgIpc) is 2.49. The van der Waals surface area contributed by atoms with Gasteiger partial charge in [0, 0.05) is 13.6 Å². The third-order valence-corrected chi connectivity index (χ3v) is 4.45. The molecule has 0 radical (unpaired) electrons. The Morgan fingerprint density at radius 2 is 1.76 bits per heavy atom. The molecule has 0 bridgehead atoms. The normalized spacial score (nSPS) is 17.3. The van der Waals surface area contributed by atoms with Gasteiger partial charge in [-0.15, -0.1) is 0 Å². The first-order chi connectivity index (χ1) is 10.1. The van der Waals surface area contributed by atoms with Crippen LogP contribution in [-0.2, 0) is 0 Å². The van der Waals surface area contributed by atoms with Crippen molar-refractivity contribution in [1.82, 2.24) is 14.9 Å². The Hall–Kier alpha value is -1.68. The van der Waals surface area contributed by atoms with Gasteiger partial charge in [-0.3, -0.25) is 0 Å². The second-order valence-electron chi connectivity index (χ2n) is 6.25. The maximum atomic E-state index is 4.81. The molecule has 1 aromatic carbocycles. The van der Waals surface area contributed by atoms with Crippen molar-refractivity contribution in [2.24, 2.45) is 5.92 Å². The number of benzene rings is 1. The number of hydrogen-bond acceptors (Lipinski definition) is 4. The van der Waals surface area contributed by atoms with E-state index < -0.39 is 0 Å². The number of anilines is 1. The molecule has 1 aliphatic heterocycles. The molecule has 4 heteroatoms. The Labute approximate surface area is 126 Å². The first kappa shape index (κ1) is 14.3. The van der Waals surface area contributed by atoms with Crippen LogP contribution in [0.5, 0.6) is 0 Å². The van der Waals surface area contributed by atoms with Gasteiger partial charge in [0.15, 0.2) is 5.82 Å². The number of fused-ring (bicyclic) bond motifs is 1. The highest BCUT2D eigenvalue weighted by molar-refractivity contribution is 5.76.